The summed E-state index contributed by atoms with van der Waals surface area (Å²) < 4.78 is 0. The van der Waals surface area contributed by atoms with E-state index in [0.29, 0.717) is 11.8 Å². The minimum absolute atomic E-state index is 0.561. The van der Waals surface area contributed by atoms with E-state index in [0.717, 1.165) is 0 Å². The molecule has 0 saturated carbocycles. The van der Waals surface area contributed by atoms with Crippen LogP contribution in [-0.4, -0.2) is 9.97 Å². The lowest BCUT2D eigenvalue weighted by atomic mass is 9.85. The lowest BCUT2D eigenvalue weighted by Crippen LogP contribution is -2.04. The summed E-state index contributed by atoms with van der Waals surface area (Å²) in [5, 5.41) is 0. The monoisotopic (exact) mass is 240 g/mol. The molecule has 0 spiro atoms. The lowest BCUT2D eigenvalue weighted by molar-refractivity contribution is 0.544. The predicted octanol–water partition coefficient (Wildman–Crippen LogP) is 4.16. The minimum Gasteiger partial charge on any atom is -0.265 e. The van der Waals surface area contributed by atoms with Crippen molar-refractivity contribution in [3.63, 3.8) is 0 Å². The van der Waals surface area contributed by atoms with Gasteiger partial charge in [0.15, 0.2) is 0 Å². The Labute approximate surface area is 109 Å². The highest BCUT2D eigenvalue weighted by Gasteiger charge is 2.14. The number of rotatable bonds is 5. The molecule has 2 aromatic rings. The van der Waals surface area contributed by atoms with Gasteiger partial charge in [-0.05, 0) is 60.1 Å². The maximum atomic E-state index is 4.09. The fourth-order valence-corrected chi connectivity index (χ4v) is 2.43. The number of hydrogen-bond acceptors (Lipinski definition) is 2. The van der Waals surface area contributed by atoms with Crippen LogP contribution in [0.25, 0.3) is 0 Å². The first-order valence-corrected chi connectivity index (χ1v) is 6.61. The summed E-state index contributed by atoms with van der Waals surface area (Å²) in [6, 6.07) is 8.49. The van der Waals surface area contributed by atoms with E-state index in [1.54, 1.807) is 0 Å². The van der Waals surface area contributed by atoms with Crippen LogP contribution in [0.1, 0.15) is 49.7 Å². The van der Waals surface area contributed by atoms with Gasteiger partial charge in [-0.3, -0.25) is 9.97 Å². The second-order valence-corrected chi connectivity index (χ2v) is 4.80. The molecule has 2 atom stereocenters. The molecule has 2 unspecified atom stereocenters. The molecular formula is C16H20N2. The molecule has 2 nitrogen and oxygen atoms in total. The molecule has 0 aliphatic rings. The third-order valence-electron chi connectivity index (χ3n) is 3.58. The van der Waals surface area contributed by atoms with E-state index in [1.807, 2.05) is 24.8 Å². The summed E-state index contributed by atoms with van der Waals surface area (Å²) in [7, 11) is 0. The molecule has 0 aliphatic heterocycles. The summed E-state index contributed by atoms with van der Waals surface area (Å²) in [4.78, 5) is 8.17. The standard InChI is InChI=1S/C16H20N2/c1-3-14(16-6-10-18-11-7-16)12-13(2)15-4-8-17-9-5-15/h4-11,13-14H,3,12H2,1-2H3. The Morgan fingerprint density at radius 2 is 1.39 bits per heavy atom. The largest absolute Gasteiger partial charge is 0.265 e. The fraction of sp³-hybridized carbons (Fsp3) is 0.375. The zero-order chi connectivity index (χ0) is 12.8. The van der Waals surface area contributed by atoms with Crippen molar-refractivity contribution in [3.8, 4) is 0 Å². The van der Waals surface area contributed by atoms with Crippen LogP contribution in [-0.2, 0) is 0 Å². The van der Waals surface area contributed by atoms with E-state index in [9.17, 15) is 0 Å². The van der Waals surface area contributed by atoms with E-state index < -0.39 is 0 Å². The van der Waals surface area contributed by atoms with Crippen LogP contribution in [0.3, 0.4) is 0 Å². The van der Waals surface area contributed by atoms with Crippen LogP contribution in [0, 0.1) is 0 Å². The molecule has 0 radical (unpaired) electrons. The molecule has 0 fully saturated rings. The SMILES string of the molecule is CCC(CC(C)c1ccncc1)c1ccncc1. The van der Waals surface area contributed by atoms with Crippen molar-refractivity contribution in [1.29, 1.82) is 0 Å². The summed E-state index contributed by atoms with van der Waals surface area (Å²) in [5.74, 6) is 1.17. The quantitative estimate of drug-likeness (QED) is 0.784. The molecule has 0 N–H and O–H groups in total. The number of nitrogens with zero attached hydrogens (tertiary/aromatic N) is 2. The van der Waals surface area contributed by atoms with Gasteiger partial charge < -0.3 is 0 Å². The maximum Gasteiger partial charge on any atom is 0.0270 e. The van der Waals surface area contributed by atoms with Gasteiger partial charge in [0.1, 0.15) is 0 Å². The molecule has 2 rings (SSSR count). The Morgan fingerprint density at radius 3 is 1.89 bits per heavy atom. The first-order valence-electron chi connectivity index (χ1n) is 6.61. The molecule has 2 heteroatoms. The van der Waals surface area contributed by atoms with Crippen molar-refractivity contribution in [2.75, 3.05) is 0 Å². The van der Waals surface area contributed by atoms with Crippen molar-refractivity contribution in [3.05, 3.63) is 60.2 Å². The zero-order valence-corrected chi connectivity index (χ0v) is 11.1. The Kier molecular flexibility index (Phi) is 4.46. The number of aromatic nitrogens is 2. The molecule has 0 aliphatic carbocycles. The van der Waals surface area contributed by atoms with Gasteiger partial charge in [0.05, 0.1) is 0 Å². The van der Waals surface area contributed by atoms with Crippen molar-refractivity contribution in [2.24, 2.45) is 0 Å². The van der Waals surface area contributed by atoms with Gasteiger partial charge in [-0.25, -0.2) is 0 Å². The zero-order valence-electron chi connectivity index (χ0n) is 11.1. The normalized spacial score (nSPS) is 14.1. The average Bonchev–Trinajstić information content (AvgIpc) is 2.46. The van der Waals surface area contributed by atoms with E-state index in [2.05, 4.69) is 48.1 Å². The molecule has 0 amide bonds. The predicted molar refractivity (Wildman–Crippen MR) is 74.5 cm³/mol. The van der Waals surface area contributed by atoms with Crippen molar-refractivity contribution < 1.29 is 0 Å². The number of pyridine rings is 2. The van der Waals surface area contributed by atoms with Gasteiger partial charge in [0.2, 0.25) is 0 Å². The second-order valence-electron chi connectivity index (χ2n) is 4.80. The van der Waals surface area contributed by atoms with Crippen LogP contribution in [0.2, 0.25) is 0 Å². The van der Waals surface area contributed by atoms with Gasteiger partial charge in [-0.2, -0.15) is 0 Å². The van der Waals surface area contributed by atoms with Gasteiger partial charge in [0.25, 0.3) is 0 Å². The molecule has 2 heterocycles. The highest BCUT2D eigenvalue weighted by atomic mass is 14.6. The van der Waals surface area contributed by atoms with E-state index in [4.69, 9.17) is 0 Å². The van der Waals surface area contributed by atoms with Crippen molar-refractivity contribution in [1.82, 2.24) is 9.97 Å². The van der Waals surface area contributed by atoms with Crippen molar-refractivity contribution >= 4 is 0 Å². The molecule has 0 aromatic carbocycles. The molecule has 94 valence electrons. The van der Waals surface area contributed by atoms with Crippen LogP contribution < -0.4 is 0 Å². The summed E-state index contributed by atoms with van der Waals surface area (Å²) in [6.07, 6.45) is 9.85. The van der Waals surface area contributed by atoms with E-state index >= 15 is 0 Å². The molecule has 18 heavy (non-hydrogen) atoms. The van der Waals surface area contributed by atoms with E-state index in [-0.39, 0.29) is 0 Å². The van der Waals surface area contributed by atoms with Crippen LogP contribution in [0.15, 0.2) is 49.1 Å². The fourth-order valence-electron chi connectivity index (χ4n) is 2.43. The highest BCUT2D eigenvalue weighted by molar-refractivity contribution is 5.19. The molecular weight excluding hydrogens is 220 g/mol. The second kappa shape index (κ2) is 6.29. The van der Waals surface area contributed by atoms with Crippen molar-refractivity contribution in [2.45, 2.75) is 38.5 Å². The first-order chi connectivity index (χ1) is 8.81. The topological polar surface area (TPSA) is 25.8 Å². The lowest BCUT2D eigenvalue weighted by Gasteiger charge is -2.20. The van der Waals surface area contributed by atoms with Crippen LogP contribution in [0.5, 0.6) is 0 Å². The molecule has 2 aromatic heterocycles. The van der Waals surface area contributed by atoms with Gasteiger partial charge in [-0.15, -0.1) is 0 Å². The third kappa shape index (κ3) is 3.16. The summed E-state index contributed by atoms with van der Waals surface area (Å²) >= 11 is 0. The first kappa shape index (κ1) is 12.7. The maximum absolute atomic E-state index is 4.09. The van der Waals surface area contributed by atoms with E-state index in [1.165, 1.54) is 24.0 Å². The van der Waals surface area contributed by atoms with Gasteiger partial charge in [0, 0.05) is 24.8 Å². The van der Waals surface area contributed by atoms with Crippen LogP contribution in [0.4, 0.5) is 0 Å². The molecule has 0 bridgehead atoms. The smallest absolute Gasteiger partial charge is 0.0270 e. The summed E-state index contributed by atoms with van der Waals surface area (Å²) in [6.45, 7) is 4.55. The Morgan fingerprint density at radius 1 is 0.889 bits per heavy atom. The molecule has 0 saturated heterocycles. The Balaban J connectivity index is 2.07. The summed E-state index contributed by atoms with van der Waals surface area (Å²) in [5.41, 5.74) is 2.77. The Hall–Kier alpha value is -1.70. The Bertz CT molecular complexity index is 453. The number of hydrogen-bond donors (Lipinski definition) is 0. The minimum atomic E-state index is 0.561. The highest BCUT2D eigenvalue weighted by Crippen LogP contribution is 2.31. The third-order valence-corrected chi connectivity index (χ3v) is 3.58. The van der Waals surface area contributed by atoms with Gasteiger partial charge in [-0.1, -0.05) is 13.8 Å². The van der Waals surface area contributed by atoms with Gasteiger partial charge >= 0.3 is 0 Å². The average molecular weight is 240 g/mol. The van der Waals surface area contributed by atoms with Crippen LogP contribution >= 0.6 is 0 Å².